The lowest BCUT2D eigenvalue weighted by molar-refractivity contribution is -0.305. The van der Waals surface area contributed by atoms with E-state index in [-0.39, 0.29) is 12.3 Å². The normalized spacial score (nSPS) is 12.5. The lowest BCUT2D eigenvalue weighted by atomic mass is 9.88. The first-order chi connectivity index (χ1) is 10.5. The van der Waals surface area contributed by atoms with Gasteiger partial charge in [0, 0.05) is 39.0 Å². The minimum absolute atomic E-state index is 0.125. The number of hydrogen-bond donors (Lipinski definition) is 1. The van der Waals surface area contributed by atoms with Crippen LogP contribution < -0.4 is 5.11 Å². The number of fused-ring (bicyclic) bond motifs is 1. The number of nitrogens with one attached hydrogen (secondary N) is 1. The summed E-state index contributed by atoms with van der Waals surface area (Å²) in [5.41, 5.74) is 2.60. The van der Waals surface area contributed by atoms with Crippen LogP contribution in [0.3, 0.4) is 0 Å². The molecule has 1 aromatic heterocycles. The van der Waals surface area contributed by atoms with Crippen LogP contribution >= 0.6 is 23.2 Å². The van der Waals surface area contributed by atoms with Gasteiger partial charge in [-0.05, 0) is 47.9 Å². The first-order valence-electron chi connectivity index (χ1n) is 6.76. The fourth-order valence-corrected chi connectivity index (χ4v) is 3.07. The highest BCUT2D eigenvalue weighted by Crippen LogP contribution is 2.35. The molecule has 0 aliphatic rings. The zero-order valence-electron chi connectivity index (χ0n) is 11.5. The highest BCUT2D eigenvalue weighted by atomic mass is 35.5. The first-order valence-corrected chi connectivity index (χ1v) is 7.52. The Morgan fingerprint density at radius 1 is 1.14 bits per heavy atom. The van der Waals surface area contributed by atoms with E-state index in [9.17, 15) is 9.90 Å². The Labute approximate surface area is 137 Å². The zero-order valence-corrected chi connectivity index (χ0v) is 13.0. The fourth-order valence-electron chi connectivity index (χ4n) is 2.70. The standard InChI is InChI=1S/C17H13Cl2NO2/c18-11-3-1-2-10(6-11)13(8-17(21)22)15-9-20-16-5-4-12(19)7-14(15)16/h1-7,9,13,20H,8H2,(H,21,22)/p-1/t13-/m0/s1. The maximum absolute atomic E-state index is 11.2. The van der Waals surface area contributed by atoms with Crippen LogP contribution in [0.15, 0.2) is 48.7 Å². The molecule has 0 saturated heterocycles. The number of carboxylic acid groups (broad SMARTS) is 1. The average molecular weight is 333 g/mol. The summed E-state index contributed by atoms with van der Waals surface area (Å²) in [5, 5.41) is 13.3. The molecule has 2 aromatic carbocycles. The molecule has 0 saturated carbocycles. The van der Waals surface area contributed by atoms with Crippen LogP contribution in [0, 0.1) is 0 Å². The molecule has 3 rings (SSSR count). The van der Waals surface area contributed by atoms with Crippen LogP contribution in [-0.4, -0.2) is 11.0 Å². The van der Waals surface area contributed by atoms with Gasteiger partial charge in [0.25, 0.3) is 0 Å². The third kappa shape index (κ3) is 2.96. The average Bonchev–Trinajstić information content (AvgIpc) is 2.87. The van der Waals surface area contributed by atoms with E-state index in [1.54, 1.807) is 18.2 Å². The predicted molar refractivity (Wildman–Crippen MR) is 86.2 cm³/mol. The minimum atomic E-state index is -1.11. The molecule has 112 valence electrons. The lowest BCUT2D eigenvalue weighted by Gasteiger charge is -2.18. The van der Waals surface area contributed by atoms with Crippen molar-refractivity contribution in [1.29, 1.82) is 0 Å². The molecule has 1 heterocycles. The zero-order chi connectivity index (χ0) is 15.7. The molecular weight excluding hydrogens is 321 g/mol. The summed E-state index contributed by atoms with van der Waals surface area (Å²) in [6, 6.07) is 12.7. The number of halogens is 2. The third-order valence-electron chi connectivity index (χ3n) is 3.67. The summed E-state index contributed by atoms with van der Waals surface area (Å²) in [6.45, 7) is 0. The van der Waals surface area contributed by atoms with E-state index in [1.807, 2.05) is 30.5 Å². The molecule has 0 spiro atoms. The maximum Gasteiger partial charge on any atom is 0.0458 e. The first kappa shape index (κ1) is 14.9. The molecule has 0 aliphatic carbocycles. The van der Waals surface area contributed by atoms with E-state index in [4.69, 9.17) is 23.2 Å². The van der Waals surface area contributed by atoms with Crippen molar-refractivity contribution in [3.63, 3.8) is 0 Å². The second-order valence-corrected chi connectivity index (χ2v) is 5.99. The number of benzene rings is 2. The van der Waals surface area contributed by atoms with Crippen LogP contribution in [-0.2, 0) is 4.79 Å². The number of carbonyl (C=O) groups excluding carboxylic acids is 1. The monoisotopic (exact) mass is 332 g/mol. The van der Waals surface area contributed by atoms with Gasteiger partial charge in [0.05, 0.1) is 0 Å². The Morgan fingerprint density at radius 3 is 2.64 bits per heavy atom. The Balaban J connectivity index is 2.15. The SMILES string of the molecule is O=C([O-])C[C@@H](c1cccc(Cl)c1)c1c[nH]c2ccc(Cl)cc12. The molecule has 0 radical (unpaired) electrons. The van der Waals surface area contributed by atoms with Gasteiger partial charge < -0.3 is 14.9 Å². The van der Waals surface area contributed by atoms with E-state index >= 15 is 0 Å². The Bertz CT molecular complexity index is 842. The molecule has 0 aliphatic heterocycles. The van der Waals surface area contributed by atoms with Gasteiger partial charge in [-0.3, -0.25) is 0 Å². The molecule has 0 amide bonds. The summed E-state index contributed by atoms with van der Waals surface area (Å²) in [4.78, 5) is 14.3. The number of aromatic nitrogens is 1. The minimum Gasteiger partial charge on any atom is -0.550 e. The number of carbonyl (C=O) groups is 1. The summed E-state index contributed by atoms with van der Waals surface area (Å²) >= 11 is 12.1. The van der Waals surface area contributed by atoms with Crippen molar-refractivity contribution < 1.29 is 9.90 Å². The van der Waals surface area contributed by atoms with E-state index in [2.05, 4.69) is 4.98 Å². The summed E-state index contributed by atoms with van der Waals surface area (Å²) < 4.78 is 0. The van der Waals surface area contributed by atoms with Crippen LogP contribution in [0.1, 0.15) is 23.5 Å². The van der Waals surface area contributed by atoms with E-state index in [0.29, 0.717) is 10.0 Å². The molecule has 0 fully saturated rings. The molecule has 3 aromatic rings. The summed E-state index contributed by atoms with van der Waals surface area (Å²) in [7, 11) is 0. The lowest BCUT2D eigenvalue weighted by Crippen LogP contribution is -2.24. The van der Waals surface area contributed by atoms with Crippen LogP contribution in [0.25, 0.3) is 10.9 Å². The largest absolute Gasteiger partial charge is 0.550 e. The van der Waals surface area contributed by atoms with E-state index < -0.39 is 5.97 Å². The van der Waals surface area contributed by atoms with Gasteiger partial charge in [-0.15, -0.1) is 0 Å². The predicted octanol–water partition coefficient (Wildman–Crippen LogP) is 3.75. The number of aromatic amines is 1. The van der Waals surface area contributed by atoms with Crippen molar-refractivity contribution in [3.05, 3.63) is 69.8 Å². The van der Waals surface area contributed by atoms with Gasteiger partial charge in [0.15, 0.2) is 0 Å². The second-order valence-electron chi connectivity index (χ2n) is 5.12. The Hall–Kier alpha value is -1.97. The van der Waals surface area contributed by atoms with Crippen molar-refractivity contribution in [2.75, 3.05) is 0 Å². The van der Waals surface area contributed by atoms with Crippen LogP contribution in [0.5, 0.6) is 0 Å². The van der Waals surface area contributed by atoms with Crippen molar-refractivity contribution in [2.24, 2.45) is 0 Å². The number of carboxylic acids is 1. The number of H-pyrrole nitrogens is 1. The quantitative estimate of drug-likeness (QED) is 0.791. The molecule has 0 bridgehead atoms. The third-order valence-corrected chi connectivity index (χ3v) is 4.14. The second kappa shape index (κ2) is 6.03. The van der Waals surface area contributed by atoms with Crippen LogP contribution in [0.2, 0.25) is 10.0 Å². The molecule has 22 heavy (non-hydrogen) atoms. The van der Waals surface area contributed by atoms with Gasteiger partial charge in [0.2, 0.25) is 0 Å². The van der Waals surface area contributed by atoms with Gasteiger partial charge in [-0.25, -0.2) is 0 Å². The van der Waals surface area contributed by atoms with Crippen LogP contribution in [0.4, 0.5) is 0 Å². The molecule has 0 unspecified atom stereocenters. The number of hydrogen-bond acceptors (Lipinski definition) is 2. The van der Waals surface area contributed by atoms with Gasteiger partial charge in [-0.2, -0.15) is 0 Å². The Kier molecular flexibility index (Phi) is 4.10. The van der Waals surface area contributed by atoms with E-state index in [1.165, 1.54) is 0 Å². The van der Waals surface area contributed by atoms with Gasteiger partial charge >= 0.3 is 0 Å². The number of rotatable bonds is 4. The Morgan fingerprint density at radius 2 is 1.91 bits per heavy atom. The topological polar surface area (TPSA) is 55.9 Å². The molecule has 5 heteroatoms. The van der Waals surface area contributed by atoms with Crippen molar-refractivity contribution in [2.45, 2.75) is 12.3 Å². The molecular formula is C17H12Cl2NO2-. The molecule has 1 N–H and O–H groups in total. The van der Waals surface area contributed by atoms with E-state index in [0.717, 1.165) is 22.0 Å². The van der Waals surface area contributed by atoms with Gasteiger partial charge in [0.1, 0.15) is 0 Å². The van der Waals surface area contributed by atoms with Crippen molar-refractivity contribution in [1.82, 2.24) is 4.98 Å². The summed E-state index contributed by atoms with van der Waals surface area (Å²) in [5.74, 6) is -1.46. The van der Waals surface area contributed by atoms with Crippen molar-refractivity contribution >= 4 is 40.1 Å². The fraction of sp³-hybridized carbons (Fsp3) is 0.118. The maximum atomic E-state index is 11.2. The molecule has 1 atom stereocenters. The van der Waals surface area contributed by atoms with Gasteiger partial charge in [-0.1, -0.05) is 35.3 Å². The molecule has 3 nitrogen and oxygen atoms in total. The summed E-state index contributed by atoms with van der Waals surface area (Å²) in [6.07, 6.45) is 1.69. The van der Waals surface area contributed by atoms with Crippen molar-refractivity contribution in [3.8, 4) is 0 Å². The smallest absolute Gasteiger partial charge is 0.0458 e. The highest BCUT2D eigenvalue weighted by Gasteiger charge is 2.19. The highest BCUT2D eigenvalue weighted by molar-refractivity contribution is 6.31. The number of aliphatic carboxylic acids is 1.